The Balaban J connectivity index is 1.46. The summed E-state index contributed by atoms with van der Waals surface area (Å²) in [6, 6.07) is 6.33. The molecule has 0 saturated heterocycles. The average Bonchev–Trinajstić information content (AvgIpc) is 3.59. The fourth-order valence-corrected chi connectivity index (χ4v) is 4.13. The van der Waals surface area contributed by atoms with Gasteiger partial charge in [0, 0.05) is 17.7 Å². The lowest BCUT2D eigenvalue weighted by atomic mass is 10.3. The highest BCUT2D eigenvalue weighted by Gasteiger charge is 2.32. The number of H-pyrrole nitrogens is 1. The van der Waals surface area contributed by atoms with Crippen LogP contribution in [0.2, 0.25) is 0 Å². The number of thioether (sulfide) groups is 1. The van der Waals surface area contributed by atoms with Crippen LogP contribution in [0.15, 0.2) is 38.9 Å². The van der Waals surface area contributed by atoms with E-state index in [0.717, 1.165) is 25.7 Å². The van der Waals surface area contributed by atoms with Crippen molar-refractivity contribution in [1.29, 1.82) is 0 Å². The molecule has 2 heterocycles. The minimum absolute atomic E-state index is 0.0889. The lowest BCUT2D eigenvalue weighted by Gasteiger charge is -2.12. The summed E-state index contributed by atoms with van der Waals surface area (Å²) in [6.45, 7) is 0.260. The number of para-hydroxylation sites is 1. The summed E-state index contributed by atoms with van der Waals surface area (Å²) < 4.78 is 20.8. The van der Waals surface area contributed by atoms with E-state index in [-0.39, 0.29) is 24.3 Å². The number of hydrogen-bond acceptors (Lipinski definition) is 6. The van der Waals surface area contributed by atoms with E-state index in [2.05, 4.69) is 15.0 Å². The van der Waals surface area contributed by atoms with Gasteiger partial charge in [0.15, 0.2) is 17.2 Å². The number of nitrogens with one attached hydrogen (secondary N) is 1. The topological polar surface area (TPSA) is 89.9 Å². The van der Waals surface area contributed by atoms with Crippen LogP contribution in [0, 0.1) is 5.82 Å². The zero-order valence-electron chi connectivity index (χ0n) is 15.6. The number of benzene rings is 1. The second kappa shape index (κ2) is 7.29. The Hall–Kier alpha value is -2.68. The third kappa shape index (κ3) is 3.66. The van der Waals surface area contributed by atoms with Crippen molar-refractivity contribution in [3.05, 3.63) is 56.7 Å². The Bertz CT molecular complexity index is 1200. The first-order chi connectivity index (χ1) is 14.1. The van der Waals surface area contributed by atoms with Crippen LogP contribution in [0.4, 0.5) is 4.39 Å². The molecule has 3 aromatic rings. The molecular weight excluding hydrogens is 395 g/mol. The largest absolute Gasteiger partial charge is 0.490 e. The Morgan fingerprint density at radius 1 is 1.17 bits per heavy atom. The number of fused-ring (bicyclic) bond motifs is 1. The zero-order chi connectivity index (χ0) is 20.0. The predicted octanol–water partition coefficient (Wildman–Crippen LogP) is 3.00. The van der Waals surface area contributed by atoms with Crippen LogP contribution in [-0.2, 0) is 0 Å². The lowest BCUT2D eigenvalue weighted by Crippen LogP contribution is -2.31. The molecule has 5 rings (SSSR count). The minimum Gasteiger partial charge on any atom is -0.490 e. The molecule has 1 N–H and O–H groups in total. The van der Waals surface area contributed by atoms with Crippen LogP contribution in [0.3, 0.4) is 0 Å². The number of rotatable bonds is 7. The molecule has 0 atom stereocenters. The highest BCUT2D eigenvalue weighted by atomic mass is 32.2. The first-order valence-electron chi connectivity index (χ1n) is 9.68. The van der Waals surface area contributed by atoms with Gasteiger partial charge in [0.25, 0.3) is 5.56 Å². The molecule has 0 bridgehead atoms. The van der Waals surface area contributed by atoms with E-state index < -0.39 is 17.1 Å². The second-order valence-corrected chi connectivity index (χ2v) is 8.43. The van der Waals surface area contributed by atoms with Crippen LogP contribution >= 0.6 is 11.8 Å². The molecule has 2 fully saturated rings. The lowest BCUT2D eigenvalue weighted by molar-refractivity contribution is 0.325. The first kappa shape index (κ1) is 18.4. The molecule has 0 aliphatic heterocycles. The fraction of sp³-hybridized carbons (Fsp3) is 0.400. The molecule has 2 aliphatic carbocycles. The summed E-state index contributed by atoms with van der Waals surface area (Å²) in [5.41, 5.74) is -0.457. The van der Waals surface area contributed by atoms with Crippen molar-refractivity contribution < 1.29 is 9.13 Å². The Morgan fingerprint density at radius 2 is 1.97 bits per heavy atom. The summed E-state index contributed by atoms with van der Waals surface area (Å²) in [5.74, 6) is 1.24. The van der Waals surface area contributed by atoms with Crippen molar-refractivity contribution >= 4 is 22.8 Å². The van der Waals surface area contributed by atoms with Gasteiger partial charge >= 0.3 is 5.69 Å². The van der Waals surface area contributed by atoms with E-state index in [1.807, 2.05) is 0 Å². The van der Waals surface area contributed by atoms with Gasteiger partial charge in [-0.15, -0.1) is 11.8 Å². The highest BCUT2D eigenvalue weighted by Crippen LogP contribution is 2.40. The number of nitrogens with zero attached hydrogens (tertiary/aromatic N) is 3. The predicted molar refractivity (Wildman–Crippen MR) is 107 cm³/mol. The Kier molecular flexibility index (Phi) is 4.61. The number of hydrogen-bond donors (Lipinski definition) is 1. The van der Waals surface area contributed by atoms with Crippen molar-refractivity contribution in [2.45, 2.75) is 42.7 Å². The molecule has 9 heteroatoms. The van der Waals surface area contributed by atoms with Gasteiger partial charge in [-0.25, -0.2) is 19.2 Å². The van der Waals surface area contributed by atoms with Gasteiger partial charge < -0.3 is 4.74 Å². The van der Waals surface area contributed by atoms with Gasteiger partial charge in [-0.3, -0.25) is 14.3 Å². The van der Waals surface area contributed by atoms with Crippen LogP contribution in [0.1, 0.15) is 43.5 Å². The maximum absolute atomic E-state index is 13.7. The Labute approximate surface area is 169 Å². The van der Waals surface area contributed by atoms with Crippen molar-refractivity contribution in [3.8, 4) is 5.75 Å². The molecule has 2 aromatic heterocycles. The van der Waals surface area contributed by atoms with E-state index in [9.17, 15) is 14.0 Å². The molecule has 0 spiro atoms. The van der Waals surface area contributed by atoms with Gasteiger partial charge in [0.2, 0.25) is 0 Å². The van der Waals surface area contributed by atoms with E-state index in [4.69, 9.17) is 4.74 Å². The van der Waals surface area contributed by atoms with Gasteiger partial charge in [0.05, 0.1) is 6.61 Å². The third-order valence-corrected chi connectivity index (χ3v) is 5.98. The van der Waals surface area contributed by atoms with Crippen molar-refractivity contribution in [2.75, 3.05) is 12.4 Å². The van der Waals surface area contributed by atoms with Gasteiger partial charge in [-0.2, -0.15) is 0 Å². The van der Waals surface area contributed by atoms with Crippen LogP contribution < -0.4 is 16.0 Å². The number of halogens is 1. The number of aromatic amines is 1. The van der Waals surface area contributed by atoms with E-state index in [1.165, 1.54) is 17.8 Å². The van der Waals surface area contributed by atoms with Crippen molar-refractivity contribution in [3.63, 3.8) is 0 Å². The van der Waals surface area contributed by atoms with Gasteiger partial charge in [-0.1, -0.05) is 12.1 Å². The van der Waals surface area contributed by atoms with Gasteiger partial charge in [-0.05, 0) is 37.8 Å². The summed E-state index contributed by atoms with van der Waals surface area (Å²) in [5, 5.41) is 0.890. The maximum atomic E-state index is 13.7. The SMILES string of the molecule is O=c1[nH]c(=O)n(C2CC2)c2nc(C3CC3)nc(SCCOc3ccccc3F)c12. The molecule has 2 aliphatic rings. The van der Waals surface area contributed by atoms with Crippen LogP contribution in [0.5, 0.6) is 5.75 Å². The van der Waals surface area contributed by atoms with Crippen molar-refractivity contribution in [1.82, 2.24) is 19.5 Å². The number of aromatic nitrogens is 4. The molecule has 0 unspecified atom stereocenters. The molecule has 2 saturated carbocycles. The van der Waals surface area contributed by atoms with Crippen molar-refractivity contribution in [2.24, 2.45) is 0 Å². The normalized spacial score (nSPS) is 16.3. The smallest absolute Gasteiger partial charge is 0.330 e. The standard InChI is InChI=1S/C20H19FN4O3S/c21-13-3-1-2-4-14(13)28-9-10-29-19-15-17(22-16(23-19)11-5-6-11)25(12-7-8-12)20(27)24-18(15)26/h1-4,11-12H,5-10H2,(H,24,26,27). The number of ether oxygens (including phenoxy) is 1. The third-order valence-electron chi connectivity index (χ3n) is 5.04. The van der Waals surface area contributed by atoms with E-state index in [0.29, 0.717) is 27.6 Å². The highest BCUT2D eigenvalue weighted by molar-refractivity contribution is 7.99. The molecule has 1 aromatic carbocycles. The molecule has 7 nitrogen and oxygen atoms in total. The summed E-state index contributed by atoms with van der Waals surface area (Å²) in [6.07, 6.45) is 3.84. The monoisotopic (exact) mass is 414 g/mol. The van der Waals surface area contributed by atoms with Crippen LogP contribution in [0.25, 0.3) is 11.0 Å². The quantitative estimate of drug-likeness (QED) is 0.363. The first-order valence-corrected chi connectivity index (χ1v) is 10.7. The summed E-state index contributed by atoms with van der Waals surface area (Å²) in [7, 11) is 0. The molecule has 0 radical (unpaired) electrons. The second-order valence-electron chi connectivity index (χ2n) is 7.35. The molecule has 29 heavy (non-hydrogen) atoms. The average molecular weight is 414 g/mol. The minimum atomic E-state index is -0.471. The zero-order valence-corrected chi connectivity index (χ0v) is 16.4. The fourth-order valence-electron chi connectivity index (χ4n) is 3.29. The molecule has 0 amide bonds. The molecular formula is C20H19FN4O3S. The maximum Gasteiger partial charge on any atom is 0.330 e. The van der Waals surface area contributed by atoms with Crippen LogP contribution in [-0.4, -0.2) is 31.9 Å². The Morgan fingerprint density at radius 3 is 2.69 bits per heavy atom. The van der Waals surface area contributed by atoms with Gasteiger partial charge in [0.1, 0.15) is 16.2 Å². The van der Waals surface area contributed by atoms with E-state index >= 15 is 0 Å². The summed E-state index contributed by atoms with van der Waals surface area (Å²) in [4.78, 5) is 36.6. The van der Waals surface area contributed by atoms with E-state index in [1.54, 1.807) is 22.8 Å². The summed E-state index contributed by atoms with van der Waals surface area (Å²) >= 11 is 1.36. The molecule has 150 valence electrons.